The van der Waals surface area contributed by atoms with Crippen LogP contribution in [-0.2, 0) is 24.2 Å². The SMILES string of the molecule is CCc1cc2c(=O)n(CC(=O)O)c(Cc3ccc(Cl)cc3)nc2s1. The molecule has 7 heteroatoms. The van der Waals surface area contributed by atoms with Crippen molar-refractivity contribution in [2.75, 3.05) is 0 Å². The summed E-state index contributed by atoms with van der Waals surface area (Å²) in [6, 6.07) is 9.01. The van der Waals surface area contributed by atoms with E-state index in [4.69, 9.17) is 16.7 Å². The molecule has 1 aromatic carbocycles. The first-order valence-corrected chi connectivity index (χ1v) is 8.65. The van der Waals surface area contributed by atoms with Gasteiger partial charge in [0.1, 0.15) is 17.2 Å². The van der Waals surface area contributed by atoms with Gasteiger partial charge in [0.15, 0.2) is 0 Å². The Hall–Kier alpha value is -2.18. The number of nitrogens with zero attached hydrogens (tertiary/aromatic N) is 2. The van der Waals surface area contributed by atoms with Gasteiger partial charge >= 0.3 is 5.97 Å². The summed E-state index contributed by atoms with van der Waals surface area (Å²) < 4.78 is 1.24. The highest BCUT2D eigenvalue weighted by molar-refractivity contribution is 7.18. The fraction of sp³-hybridized carbons (Fsp3) is 0.235. The zero-order valence-corrected chi connectivity index (χ0v) is 14.5. The van der Waals surface area contributed by atoms with Gasteiger partial charge in [-0.2, -0.15) is 0 Å². The summed E-state index contributed by atoms with van der Waals surface area (Å²) in [5.41, 5.74) is 0.611. The number of benzene rings is 1. The Labute approximate surface area is 147 Å². The number of carboxylic acid groups (broad SMARTS) is 1. The lowest BCUT2D eigenvalue weighted by Crippen LogP contribution is -2.28. The largest absolute Gasteiger partial charge is 0.480 e. The van der Waals surface area contributed by atoms with E-state index in [1.54, 1.807) is 18.2 Å². The second kappa shape index (κ2) is 6.75. The number of hydrogen-bond acceptors (Lipinski definition) is 4. The van der Waals surface area contributed by atoms with Gasteiger partial charge in [-0.15, -0.1) is 11.3 Å². The number of carboxylic acids is 1. The lowest BCUT2D eigenvalue weighted by Gasteiger charge is -2.10. The summed E-state index contributed by atoms with van der Waals surface area (Å²) in [5, 5.41) is 10.2. The summed E-state index contributed by atoms with van der Waals surface area (Å²) >= 11 is 7.36. The van der Waals surface area contributed by atoms with Gasteiger partial charge in [0.05, 0.1) is 5.39 Å². The maximum absolute atomic E-state index is 12.7. The van der Waals surface area contributed by atoms with E-state index in [0.717, 1.165) is 16.9 Å². The Morgan fingerprint density at radius 1 is 1.33 bits per heavy atom. The first kappa shape index (κ1) is 16.7. The van der Waals surface area contributed by atoms with Crippen LogP contribution in [0, 0.1) is 0 Å². The van der Waals surface area contributed by atoms with E-state index in [9.17, 15) is 9.59 Å². The highest BCUT2D eigenvalue weighted by atomic mass is 35.5. The molecule has 0 spiro atoms. The number of fused-ring (bicyclic) bond motifs is 1. The molecule has 0 radical (unpaired) electrons. The standard InChI is InChI=1S/C17H15ClN2O3S/c1-2-12-8-13-16(24-12)19-14(20(17(13)23)9-15(21)22)7-10-3-5-11(18)6-4-10/h3-6,8H,2,7,9H2,1H3,(H,21,22). The molecule has 0 unspecified atom stereocenters. The van der Waals surface area contributed by atoms with Crippen LogP contribution in [0.2, 0.25) is 5.02 Å². The van der Waals surface area contributed by atoms with Crippen LogP contribution in [0.15, 0.2) is 35.1 Å². The number of carbonyl (C=O) groups is 1. The number of aromatic nitrogens is 2. The average Bonchev–Trinajstić information content (AvgIpc) is 2.96. The Kier molecular flexibility index (Phi) is 4.69. The Balaban J connectivity index is 2.14. The molecule has 0 amide bonds. The van der Waals surface area contributed by atoms with Crippen LogP contribution in [-0.4, -0.2) is 20.6 Å². The second-order valence-electron chi connectivity index (χ2n) is 5.40. The van der Waals surface area contributed by atoms with Crippen molar-refractivity contribution in [1.29, 1.82) is 0 Å². The van der Waals surface area contributed by atoms with Crippen LogP contribution in [0.1, 0.15) is 23.2 Å². The normalized spacial score (nSPS) is 11.1. The first-order valence-electron chi connectivity index (χ1n) is 7.46. The molecule has 124 valence electrons. The van der Waals surface area contributed by atoms with Gasteiger partial charge in [0, 0.05) is 16.3 Å². The minimum atomic E-state index is -1.07. The van der Waals surface area contributed by atoms with Crippen molar-refractivity contribution in [1.82, 2.24) is 9.55 Å². The van der Waals surface area contributed by atoms with E-state index in [1.807, 2.05) is 19.1 Å². The fourth-order valence-corrected chi connectivity index (χ4v) is 3.60. The molecule has 3 aromatic rings. The van der Waals surface area contributed by atoms with Crippen molar-refractivity contribution in [3.05, 3.63) is 62.0 Å². The highest BCUT2D eigenvalue weighted by Crippen LogP contribution is 2.23. The van der Waals surface area contributed by atoms with Gasteiger partial charge in [-0.3, -0.25) is 14.2 Å². The van der Waals surface area contributed by atoms with Gasteiger partial charge in [-0.25, -0.2) is 4.98 Å². The first-order chi connectivity index (χ1) is 11.5. The second-order valence-corrected chi connectivity index (χ2v) is 6.95. The zero-order chi connectivity index (χ0) is 17.3. The van der Waals surface area contributed by atoms with E-state index in [2.05, 4.69) is 4.98 Å². The number of halogens is 1. The molecule has 24 heavy (non-hydrogen) atoms. The minimum Gasteiger partial charge on any atom is -0.480 e. The van der Waals surface area contributed by atoms with E-state index in [-0.39, 0.29) is 5.56 Å². The number of thiophene rings is 1. The quantitative estimate of drug-likeness (QED) is 0.755. The average molecular weight is 363 g/mol. The van der Waals surface area contributed by atoms with Crippen LogP contribution in [0.4, 0.5) is 0 Å². The number of aliphatic carboxylic acids is 1. The topological polar surface area (TPSA) is 72.2 Å². The van der Waals surface area contributed by atoms with Crippen molar-refractivity contribution < 1.29 is 9.90 Å². The molecule has 0 aliphatic carbocycles. The maximum Gasteiger partial charge on any atom is 0.323 e. The third-order valence-corrected chi connectivity index (χ3v) is 5.12. The van der Waals surface area contributed by atoms with Crippen LogP contribution >= 0.6 is 22.9 Å². The van der Waals surface area contributed by atoms with Crippen molar-refractivity contribution in [2.24, 2.45) is 0 Å². The zero-order valence-electron chi connectivity index (χ0n) is 13.0. The lowest BCUT2D eigenvalue weighted by atomic mass is 10.1. The molecular formula is C17H15ClN2O3S. The van der Waals surface area contributed by atoms with Gasteiger partial charge in [-0.05, 0) is 30.2 Å². The number of hydrogen-bond donors (Lipinski definition) is 1. The monoisotopic (exact) mass is 362 g/mol. The lowest BCUT2D eigenvalue weighted by molar-refractivity contribution is -0.137. The summed E-state index contributed by atoms with van der Waals surface area (Å²) in [4.78, 5) is 30.1. The minimum absolute atomic E-state index is 0.303. The number of aryl methyl sites for hydroxylation is 1. The van der Waals surface area contributed by atoms with Gasteiger partial charge < -0.3 is 5.11 Å². The van der Waals surface area contributed by atoms with E-state index >= 15 is 0 Å². The third-order valence-electron chi connectivity index (χ3n) is 3.70. The Morgan fingerprint density at radius 3 is 2.67 bits per heavy atom. The van der Waals surface area contributed by atoms with Crippen LogP contribution in [0.5, 0.6) is 0 Å². The molecule has 0 aliphatic rings. The summed E-state index contributed by atoms with van der Waals surface area (Å²) in [6.07, 6.45) is 1.18. The third kappa shape index (κ3) is 3.34. The van der Waals surface area contributed by atoms with Crippen LogP contribution < -0.4 is 5.56 Å². The summed E-state index contributed by atoms with van der Waals surface area (Å²) in [6.45, 7) is 1.61. The molecule has 0 atom stereocenters. The molecule has 2 heterocycles. The van der Waals surface area contributed by atoms with Crippen LogP contribution in [0.3, 0.4) is 0 Å². The van der Waals surface area contributed by atoms with Crippen LogP contribution in [0.25, 0.3) is 10.2 Å². The molecule has 0 aliphatic heterocycles. The summed E-state index contributed by atoms with van der Waals surface area (Å²) in [7, 11) is 0. The van der Waals surface area contributed by atoms with Crippen molar-refractivity contribution >= 4 is 39.1 Å². The predicted molar refractivity (Wildman–Crippen MR) is 95.2 cm³/mol. The molecule has 1 N–H and O–H groups in total. The molecule has 0 fully saturated rings. The van der Waals surface area contributed by atoms with E-state index < -0.39 is 12.5 Å². The molecular weight excluding hydrogens is 348 g/mol. The molecule has 5 nitrogen and oxygen atoms in total. The van der Waals surface area contributed by atoms with Crippen molar-refractivity contribution in [2.45, 2.75) is 26.3 Å². The van der Waals surface area contributed by atoms with E-state index in [0.29, 0.717) is 27.5 Å². The molecule has 3 rings (SSSR count). The Bertz CT molecular complexity index is 960. The maximum atomic E-state index is 12.7. The molecule has 2 aromatic heterocycles. The fourth-order valence-electron chi connectivity index (χ4n) is 2.50. The molecule has 0 saturated heterocycles. The smallest absolute Gasteiger partial charge is 0.323 e. The van der Waals surface area contributed by atoms with Gasteiger partial charge in [0.2, 0.25) is 0 Å². The molecule has 0 bridgehead atoms. The van der Waals surface area contributed by atoms with Crippen molar-refractivity contribution in [3.63, 3.8) is 0 Å². The Morgan fingerprint density at radius 2 is 2.04 bits per heavy atom. The summed E-state index contributed by atoms with van der Waals surface area (Å²) in [5.74, 6) is -0.622. The molecule has 0 saturated carbocycles. The number of rotatable bonds is 5. The van der Waals surface area contributed by atoms with Gasteiger partial charge in [0.25, 0.3) is 5.56 Å². The predicted octanol–water partition coefficient (Wildman–Crippen LogP) is 3.35. The van der Waals surface area contributed by atoms with Gasteiger partial charge in [-0.1, -0.05) is 30.7 Å². The van der Waals surface area contributed by atoms with E-state index in [1.165, 1.54) is 15.9 Å². The van der Waals surface area contributed by atoms with Crippen molar-refractivity contribution in [3.8, 4) is 0 Å². The highest BCUT2D eigenvalue weighted by Gasteiger charge is 2.16.